The monoisotopic (exact) mass is 465 g/mol. The lowest BCUT2D eigenvalue weighted by atomic mass is 9.78. The highest BCUT2D eigenvalue weighted by molar-refractivity contribution is 5.99. The van der Waals surface area contributed by atoms with Crippen LogP contribution in [0.4, 0.5) is 18.9 Å². The predicted octanol–water partition coefficient (Wildman–Crippen LogP) is 5.27. The molecule has 0 N–H and O–H groups in total. The van der Waals surface area contributed by atoms with Crippen LogP contribution in [0.3, 0.4) is 0 Å². The quantitative estimate of drug-likeness (QED) is 0.169. The van der Waals surface area contributed by atoms with E-state index in [0.717, 1.165) is 0 Å². The molecule has 33 heavy (non-hydrogen) atoms. The van der Waals surface area contributed by atoms with Crippen molar-refractivity contribution < 1.29 is 22.5 Å². The van der Waals surface area contributed by atoms with Gasteiger partial charge in [-0.1, -0.05) is 66.7 Å². The van der Waals surface area contributed by atoms with Crippen LogP contribution in [-0.2, 0) is 10.0 Å². The predicted molar refractivity (Wildman–Crippen MR) is 122 cm³/mol. The molecule has 0 aliphatic heterocycles. The molecule has 8 heteroatoms. The van der Waals surface area contributed by atoms with Crippen LogP contribution in [0.5, 0.6) is 0 Å². The fourth-order valence-electron chi connectivity index (χ4n) is 4.19. The largest absolute Gasteiger partial charge is 0.411 e. The van der Waals surface area contributed by atoms with Crippen molar-refractivity contribution in [3.63, 3.8) is 0 Å². The molecule has 0 aliphatic rings. The summed E-state index contributed by atoms with van der Waals surface area (Å²) in [6.45, 7) is 0. The second kappa shape index (κ2) is 9.01. The molecule has 0 spiro atoms. The lowest BCUT2D eigenvalue weighted by molar-refractivity contribution is -0.385. The Kier molecular flexibility index (Phi) is 6.13. The second-order valence-corrected chi connectivity index (χ2v) is 7.73. The van der Waals surface area contributed by atoms with Crippen LogP contribution in [0.1, 0.15) is 16.7 Å². The first-order valence-electron chi connectivity index (χ1n) is 9.99. The van der Waals surface area contributed by atoms with Crippen molar-refractivity contribution in [2.24, 2.45) is 0 Å². The number of para-hydroxylation sites is 1. The maximum absolute atomic E-state index is 14.7. The molecule has 0 atom stereocenters. The average Bonchev–Trinajstić information content (AvgIpc) is 2.81. The number of nitro benzene ring substituents is 1. The first-order chi connectivity index (χ1) is 15.9. The number of halogens is 3. The van der Waals surface area contributed by atoms with Crippen LogP contribution in [0.25, 0.3) is 11.1 Å². The maximum Gasteiger partial charge on any atom is 0.284 e. The van der Waals surface area contributed by atoms with E-state index in [1.165, 1.54) is 18.2 Å². The van der Waals surface area contributed by atoms with E-state index >= 15 is 0 Å². The molecule has 0 heterocycles. The molecule has 0 bridgehead atoms. The third-order valence-electron chi connectivity index (χ3n) is 5.54. The Labute approximate surface area is 191 Å². The third-order valence-corrected chi connectivity index (χ3v) is 6.15. The number of hydrogen-bond acceptors (Lipinski definition) is 3. The average molecular weight is 466 g/mol. The molecule has 166 valence electrons. The van der Waals surface area contributed by atoms with Gasteiger partial charge in [0.05, 0.1) is 21.6 Å². The van der Waals surface area contributed by atoms with Gasteiger partial charge in [0.2, 0.25) is 0 Å². The molecule has 4 rings (SSSR count). The summed E-state index contributed by atoms with van der Waals surface area (Å²) in [6, 6.07) is 23.1. The molecule has 0 saturated heterocycles. The zero-order chi connectivity index (χ0) is 23.6. The molecule has 0 unspecified atom stereocenters. The van der Waals surface area contributed by atoms with E-state index in [0.29, 0.717) is 23.3 Å². The van der Waals surface area contributed by atoms with Gasteiger partial charge in [-0.25, -0.2) is 13.2 Å². The number of rotatable bonds is 6. The molecule has 0 aromatic heterocycles. The lowest BCUT2D eigenvalue weighted by Crippen LogP contribution is -2.33. The van der Waals surface area contributed by atoms with Crippen molar-refractivity contribution in [2.75, 3.05) is 0 Å². The van der Waals surface area contributed by atoms with Gasteiger partial charge in [0.25, 0.3) is 5.69 Å². The summed E-state index contributed by atoms with van der Waals surface area (Å²) < 4.78 is 49.0. The number of nitrogens with zero attached hydrogens (tertiary/aromatic N) is 1. The summed E-state index contributed by atoms with van der Waals surface area (Å²) in [5.74, 6) is -3.58. The van der Waals surface area contributed by atoms with Gasteiger partial charge in [-0.2, -0.15) is 0 Å². The van der Waals surface area contributed by atoms with Gasteiger partial charge in [-0.3, -0.25) is 10.1 Å². The Morgan fingerprint density at radius 1 is 0.788 bits per heavy atom. The first-order valence-corrected chi connectivity index (χ1v) is 10.8. The van der Waals surface area contributed by atoms with Gasteiger partial charge in [0.1, 0.15) is 33.5 Å². The number of nitro groups is 1. The van der Waals surface area contributed by atoms with E-state index in [-0.39, 0.29) is 21.6 Å². The highest BCUT2D eigenvalue weighted by Gasteiger charge is 2.42. The fraction of sp³-hybridized carbons (Fsp3) is 0.0400. The van der Waals surface area contributed by atoms with Crippen molar-refractivity contribution in [3.05, 3.63) is 135 Å². The van der Waals surface area contributed by atoms with Gasteiger partial charge in [-0.05, 0) is 23.3 Å². The van der Waals surface area contributed by atoms with Crippen molar-refractivity contribution in [1.29, 1.82) is 0 Å². The van der Waals surface area contributed by atoms with Crippen molar-refractivity contribution >= 4 is 16.2 Å². The molecule has 0 aliphatic carbocycles. The van der Waals surface area contributed by atoms with Gasteiger partial charge in [-0.15, -0.1) is 0 Å². The van der Waals surface area contributed by atoms with Crippen LogP contribution >= 0.6 is 0 Å². The topological polar surface area (TPSA) is 52.4 Å². The van der Waals surface area contributed by atoms with E-state index < -0.39 is 39.2 Å². The van der Waals surface area contributed by atoms with E-state index in [1.54, 1.807) is 60.7 Å². The van der Waals surface area contributed by atoms with Crippen molar-refractivity contribution in [1.82, 2.24) is 0 Å². The molecule has 0 amide bonds. The molecular formula is C25H18F3NO3Si. The Bertz CT molecular complexity index is 1250. The van der Waals surface area contributed by atoms with Gasteiger partial charge in [0.15, 0.2) is 0 Å². The smallest absolute Gasteiger partial charge is 0.284 e. The third kappa shape index (κ3) is 3.83. The summed E-state index contributed by atoms with van der Waals surface area (Å²) in [5.41, 5.74) is -1.56. The van der Waals surface area contributed by atoms with Crippen molar-refractivity contribution in [2.45, 2.75) is 5.60 Å². The van der Waals surface area contributed by atoms with Gasteiger partial charge < -0.3 is 4.43 Å². The summed E-state index contributed by atoms with van der Waals surface area (Å²) in [6.07, 6.45) is 0. The maximum atomic E-state index is 14.7. The molecule has 4 aromatic carbocycles. The second-order valence-electron chi connectivity index (χ2n) is 7.32. The summed E-state index contributed by atoms with van der Waals surface area (Å²) >= 11 is 0. The normalized spacial score (nSPS) is 11.5. The molecule has 0 fully saturated rings. The highest BCUT2D eigenvalue weighted by atomic mass is 28.2. The Morgan fingerprint density at radius 3 is 1.76 bits per heavy atom. The summed E-state index contributed by atoms with van der Waals surface area (Å²) in [5, 5.41) is 12.4. The number of benzene rings is 4. The molecular weight excluding hydrogens is 447 g/mol. The van der Waals surface area contributed by atoms with Crippen LogP contribution in [0.2, 0.25) is 0 Å². The Morgan fingerprint density at radius 2 is 1.30 bits per heavy atom. The van der Waals surface area contributed by atoms with Gasteiger partial charge >= 0.3 is 0 Å². The zero-order valence-corrected chi connectivity index (χ0v) is 19.5. The Balaban J connectivity index is 2.13. The highest BCUT2D eigenvalue weighted by Crippen LogP contribution is 2.47. The lowest BCUT2D eigenvalue weighted by Gasteiger charge is -2.35. The SMILES string of the molecule is O=[N+]([O-])c1c(-c2c(F)cc(F)cc2F)cccc1C(O[SiH3])(c1ccccc1)c1ccccc1. The Hall–Kier alpha value is -3.75. The summed E-state index contributed by atoms with van der Waals surface area (Å²) in [4.78, 5) is 11.7. The zero-order valence-electron chi connectivity index (χ0n) is 17.5. The minimum atomic E-state index is -1.40. The van der Waals surface area contributed by atoms with E-state index in [2.05, 4.69) is 0 Å². The molecule has 0 saturated carbocycles. The van der Waals surface area contributed by atoms with Crippen LogP contribution in [0, 0.1) is 27.6 Å². The van der Waals surface area contributed by atoms with E-state index in [1.807, 2.05) is 0 Å². The minimum absolute atomic E-state index is 0.112. The van der Waals surface area contributed by atoms with E-state index in [9.17, 15) is 23.3 Å². The van der Waals surface area contributed by atoms with Crippen molar-refractivity contribution in [3.8, 4) is 11.1 Å². The minimum Gasteiger partial charge on any atom is -0.411 e. The molecule has 0 radical (unpaired) electrons. The van der Waals surface area contributed by atoms with Crippen LogP contribution in [-0.4, -0.2) is 15.4 Å². The molecule has 4 aromatic rings. The number of hydrogen-bond donors (Lipinski definition) is 0. The first kappa shape index (κ1) is 22.4. The van der Waals surface area contributed by atoms with Crippen LogP contribution < -0.4 is 0 Å². The standard InChI is InChI=1S/C25H18F3NO3Si/c26-18-14-21(27)23(22(28)15-18)19-12-7-13-20(24(19)29(30)31)25(32-33,16-8-3-1-4-9-16)17-10-5-2-6-11-17/h1-15H,33H3. The van der Waals surface area contributed by atoms with Gasteiger partial charge in [0, 0.05) is 12.1 Å². The fourth-order valence-corrected chi connectivity index (χ4v) is 4.89. The van der Waals surface area contributed by atoms with Crippen LogP contribution in [0.15, 0.2) is 91.0 Å². The molecule has 4 nitrogen and oxygen atoms in total. The van der Waals surface area contributed by atoms with E-state index in [4.69, 9.17) is 4.43 Å². The summed E-state index contributed by atoms with van der Waals surface area (Å²) in [7, 11) is 0.187.